The molecular formula is C29H43N3O2. The zero-order valence-corrected chi connectivity index (χ0v) is 22.0. The number of allylic oxidation sites excluding steroid dienone is 1. The first-order valence-corrected chi connectivity index (χ1v) is 12.3. The lowest BCUT2D eigenvalue weighted by Crippen LogP contribution is -2.50. The van der Waals surface area contributed by atoms with Gasteiger partial charge < -0.3 is 15.0 Å². The SMILES string of the molecule is CC(C)=CCN(C[C@H](C)NC(=O)[C@@H](CC(C)C)N(C)C)c1ccc(OCc2ccccc2)cc1. The number of likely N-dealkylation sites (N-methyl/N-ethyl adjacent to an activating group) is 1. The zero-order chi connectivity index (χ0) is 25.1. The van der Waals surface area contributed by atoms with Crippen LogP contribution in [0, 0.1) is 5.92 Å². The van der Waals surface area contributed by atoms with Gasteiger partial charge in [-0.25, -0.2) is 0 Å². The summed E-state index contributed by atoms with van der Waals surface area (Å²) in [6.45, 7) is 12.7. The fraction of sp³-hybridized carbons (Fsp3) is 0.483. The van der Waals surface area contributed by atoms with Crippen LogP contribution in [0.4, 0.5) is 5.69 Å². The smallest absolute Gasteiger partial charge is 0.237 e. The number of hydrogen-bond donors (Lipinski definition) is 1. The van der Waals surface area contributed by atoms with Crippen molar-refractivity contribution in [3.05, 3.63) is 71.8 Å². The third kappa shape index (κ3) is 9.60. The Morgan fingerprint density at radius 1 is 1.00 bits per heavy atom. The first kappa shape index (κ1) is 27.5. The Hall–Kier alpha value is -2.79. The van der Waals surface area contributed by atoms with E-state index < -0.39 is 0 Å². The number of benzene rings is 2. The molecule has 34 heavy (non-hydrogen) atoms. The van der Waals surface area contributed by atoms with E-state index in [2.05, 4.69) is 75.2 Å². The Kier molecular flexibility index (Phi) is 11.1. The van der Waals surface area contributed by atoms with Gasteiger partial charge in [-0.05, 0) is 77.0 Å². The summed E-state index contributed by atoms with van der Waals surface area (Å²) >= 11 is 0. The fourth-order valence-electron chi connectivity index (χ4n) is 3.79. The minimum Gasteiger partial charge on any atom is -0.489 e. The lowest BCUT2D eigenvalue weighted by atomic mass is 10.0. The molecule has 0 aliphatic carbocycles. The molecule has 0 unspecified atom stereocenters. The summed E-state index contributed by atoms with van der Waals surface area (Å²) in [5.41, 5.74) is 3.53. The molecule has 0 bridgehead atoms. The van der Waals surface area contributed by atoms with Crippen molar-refractivity contribution in [1.29, 1.82) is 0 Å². The summed E-state index contributed by atoms with van der Waals surface area (Å²) in [6, 6.07) is 18.3. The molecule has 186 valence electrons. The number of anilines is 1. The van der Waals surface area contributed by atoms with E-state index in [9.17, 15) is 4.79 Å². The van der Waals surface area contributed by atoms with Crippen molar-refractivity contribution >= 4 is 11.6 Å². The molecule has 0 aliphatic heterocycles. The van der Waals surface area contributed by atoms with Gasteiger partial charge in [0.15, 0.2) is 0 Å². The summed E-state index contributed by atoms with van der Waals surface area (Å²) < 4.78 is 5.95. The topological polar surface area (TPSA) is 44.8 Å². The van der Waals surface area contributed by atoms with Crippen LogP contribution in [0.3, 0.4) is 0 Å². The van der Waals surface area contributed by atoms with Crippen molar-refractivity contribution in [2.45, 2.75) is 59.7 Å². The molecule has 2 aromatic carbocycles. The van der Waals surface area contributed by atoms with E-state index in [0.717, 1.165) is 36.5 Å². The molecule has 5 heteroatoms. The van der Waals surface area contributed by atoms with Crippen LogP contribution in [0.25, 0.3) is 0 Å². The third-order valence-corrected chi connectivity index (χ3v) is 5.67. The normalized spacial score (nSPS) is 12.9. The number of amides is 1. The largest absolute Gasteiger partial charge is 0.489 e. The average Bonchev–Trinajstić information content (AvgIpc) is 2.79. The number of nitrogens with zero attached hydrogens (tertiary/aromatic N) is 2. The van der Waals surface area contributed by atoms with Crippen LogP contribution in [-0.4, -0.2) is 50.1 Å². The Morgan fingerprint density at radius 3 is 2.21 bits per heavy atom. The molecule has 0 spiro atoms. The van der Waals surface area contributed by atoms with Gasteiger partial charge in [-0.15, -0.1) is 0 Å². The maximum Gasteiger partial charge on any atom is 0.237 e. The van der Waals surface area contributed by atoms with Gasteiger partial charge in [0, 0.05) is 24.8 Å². The van der Waals surface area contributed by atoms with Gasteiger partial charge in [0.25, 0.3) is 0 Å². The number of nitrogens with one attached hydrogen (secondary N) is 1. The number of carbonyl (C=O) groups is 1. The molecule has 0 aliphatic rings. The average molecular weight is 466 g/mol. The Bertz CT molecular complexity index is 887. The molecule has 0 saturated carbocycles. The van der Waals surface area contributed by atoms with Gasteiger partial charge in [0.2, 0.25) is 5.91 Å². The molecular weight excluding hydrogens is 422 g/mol. The molecule has 1 amide bonds. The van der Waals surface area contributed by atoms with E-state index >= 15 is 0 Å². The molecule has 2 atom stereocenters. The van der Waals surface area contributed by atoms with Crippen molar-refractivity contribution in [2.75, 3.05) is 32.1 Å². The van der Waals surface area contributed by atoms with E-state index in [1.165, 1.54) is 5.57 Å². The summed E-state index contributed by atoms with van der Waals surface area (Å²) in [5.74, 6) is 1.40. The lowest BCUT2D eigenvalue weighted by molar-refractivity contribution is -0.126. The fourth-order valence-corrected chi connectivity index (χ4v) is 3.79. The van der Waals surface area contributed by atoms with Crippen LogP contribution in [0.2, 0.25) is 0 Å². The van der Waals surface area contributed by atoms with Gasteiger partial charge in [-0.2, -0.15) is 0 Å². The van der Waals surface area contributed by atoms with Crippen LogP contribution >= 0.6 is 0 Å². The predicted octanol–water partition coefficient (Wildman–Crippen LogP) is 5.52. The lowest BCUT2D eigenvalue weighted by Gasteiger charge is -2.30. The Labute approximate surface area is 206 Å². The second-order valence-corrected chi connectivity index (χ2v) is 9.97. The summed E-state index contributed by atoms with van der Waals surface area (Å²) in [7, 11) is 3.94. The highest BCUT2D eigenvalue weighted by atomic mass is 16.5. The number of ether oxygens (including phenoxy) is 1. The second-order valence-electron chi connectivity index (χ2n) is 9.97. The predicted molar refractivity (Wildman–Crippen MR) is 143 cm³/mol. The molecule has 0 aromatic heterocycles. The van der Waals surface area contributed by atoms with E-state index in [0.29, 0.717) is 12.5 Å². The molecule has 0 radical (unpaired) electrons. The van der Waals surface area contributed by atoms with Gasteiger partial charge in [-0.3, -0.25) is 9.69 Å². The second kappa shape index (κ2) is 13.8. The van der Waals surface area contributed by atoms with E-state index in [1.807, 2.05) is 49.3 Å². The van der Waals surface area contributed by atoms with Crippen molar-refractivity contribution < 1.29 is 9.53 Å². The van der Waals surface area contributed by atoms with Crippen LogP contribution in [0.5, 0.6) is 5.75 Å². The molecule has 0 saturated heterocycles. The molecule has 5 nitrogen and oxygen atoms in total. The highest BCUT2D eigenvalue weighted by molar-refractivity contribution is 5.82. The Morgan fingerprint density at radius 2 is 1.65 bits per heavy atom. The van der Waals surface area contributed by atoms with Crippen molar-refractivity contribution in [3.8, 4) is 5.75 Å². The molecule has 1 N–H and O–H groups in total. The number of hydrogen-bond acceptors (Lipinski definition) is 4. The van der Waals surface area contributed by atoms with Crippen molar-refractivity contribution in [3.63, 3.8) is 0 Å². The minimum atomic E-state index is -0.116. The third-order valence-electron chi connectivity index (χ3n) is 5.67. The van der Waals surface area contributed by atoms with Gasteiger partial charge in [0.05, 0.1) is 6.04 Å². The minimum absolute atomic E-state index is 0.0154. The Balaban J connectivity index is 2.04. The van der Waals surface area contributed by atoms with Gasteiger partial charge in [-0.1, -0.05) is 55.8 Å². The first-order chi connectivity index (χ1) is 16.2. The van der Waals surface area contributed by atoms with Crippen LogP contribution in [-0.2, 0) is 11.4 Å². The van der Waals surface area contributed by atoms with Gasteiger partial charge >= 0.3 is 0 Å². The van der Waals surface area contributed by atoms with Crippen molar-refractivity contribution in [2.24, 2.45) is 5.92 Å². The number of rotatable bonds is 13. The zero-order valence-electron chi connectivity index (χ0n) is 22.0. The molecule has 2 aromatic rings. The maximum absolute atomic E-state index is 12.9. The van der Waals surface area contributed by atoms with E-state index in [4.69, 9.17) is 4.74 Å². The molecule has 2 rings (SSSR count). The number of carbonyl (C=O) groups excluding carboxylic acids is 1. The maximum atomic E-state index is 12.9. The first-order valence-electron chi connectivity index (χ1n) is 12.3. The monoisotopic (exact) mass is 465 g/mol. The summed E-state index contributed by atoms with van der Waals surface area (Å²) in [5, 5.41) is 3.24. The van der Waals surface area contributed by atoms with Crippen LogP contribution in [0.15, 0.2) is 66.2 Å². The van der Waals surface area contributed by atoms with E-state index in [-0.39, 0.29) is 18.0 Å². The van der Waals surface area contributed by atoms with Crippen LogP contribution < -0.4 is 15.0 Å². The highest BCUT2D eigenvalue weighted by Gasteiger charge is 2.23. The summed E-state index contributed by atoms with van der Waals surface area (Å²) in [6.07, 6.45) is 3.06. The van der Waals surface area contributed by atoms with Crippen LogP contribution in [0.1, 0.15) is 46.6 Å². The highest BCUT2D eigenvalue weighted by Crippen LogP contribution is 2.21. The van der Waals surface area contributed by atoms with Gasteiger partial charge in [0.1, 0.15) is 12.4 Å². The standard InChI is InChI=1S/C29H43N3O2/c1-22(2)17-18-32(20-24(5)30-29(33)28(31(6)7)19-23(3)4)26-13-15-27(16-14-26)34-21-25-11-9-8-10-12-25/h8-17,23-24,28H,18-21H2,1-7H3,(H,30,33)/t24-,28+/m0/s1. The van der Waals surface area contributed by atoms with E-state index in [1.54, 1.807) is 0 Å². The molecule has 0 heterocycles. The molecule has 0 fully saturated rings. The summed E-state index contributed by atoms with van der Waals surface area (Å²) in [4.78, 5) is 17.3. The van der Waals surface area contributed by atoms with Crippen molar-refractivity contribution in [1.82, 2.24) is 10.2 Å². The quantitative estimate of drug-likeness (QED) is 0.396.